The van der Waals surface area contributed by atoms with Crippen LogP contribution in [0.3, 0.4) is 0 Å². The van der Waals surface area contributed by atoms with E-state index in [9.17, 15) is 14.4 Å². The molecule has 1 aliphatic rings. The Hall–Kier alpha value is -2.93. The van der Waals surface area contributed by atoms with E-state index < -0.39 is 12.1 Å². The van der Waals surface area contributed by atoms with Crippen LogP contribution in [0.1, 0.15) is 56.0 Å². The predicted molar refractivity (Wildman–Crippen MR) is 122 cm³/mol. The highest BCUT2D eigenvalue weighted by atomic mass is 16.5. The summed E-state index contributed by atoms with van der Waals surface area (Å²) in [7, 11) is 0. The van der Waals surface area contributed by atoms with Crippen LogP contribution in [0.25, 0.3) is 0 Å². The van der Waals surface area contributed by atoms with Gasteiger partial charge in [0.25, 0.3) is 5.91 Å². The summed E-state index contributed by atoms with van der Waals surface area (Å²) in [6, 6.07) is 10.4. The molecular weight excluding hydrogens is 406 g/mol. The molecule has 0 saturated carbocycles. The standard InChI is InChI=1S/C25H33N3O4/c1-4-21-22(20(29)16-32-21)28-24(31)19(27-23(30)18-11-13-26-15-18)14-25(2,3)12-10-17-8-6-5-7-9-17/h5-9,11,13,15,19,21-22,26H,4,10,12,14,16H2,1-3H3,(H,27,30)(H,28,31)/t19-,21?,22?/m0/s1. The Labute approximate surface area is 189 Å². The van der Waals surface area contributed by atoms with E-state index in [2.05, 4.69) is 41.6 Å². The van der Waals surface area contributed by atoms with E-state index in [1.807, 2.05) is 25.1 Å². The van der Waals surface area contributed by atoms with Gasteiger partial charge in [-0.15, -0.1) is 0 Å². The van der Waals surface area contributed by atoms with Crippen LogP contribution in [0.5, 0.6) is 0 Å². The number of carbonyl (C=O) groups excluding carboxylic acids is 3. The molecule has 2 amide bonds. The molecule has 2 unspecified atom stereocenters. The highest BCUT2D eigenvalue weighted by molar-refractivity contribution is 5.98. The van der Waals surface area contributed by atoms with Gasteiger partial charge in [0.2, 0.25) is 5.91 Å². The molecule has 32 heavy (non-hydrogen) atoms. The van der Waals surface area contributed by atoms with E-state index >= 15 is 0 Å². The number of nitrogens with one attached hydrogen (secondary N) is 3. The molecule has 1 fully saturated rings. The maximum Gasteiger partial charge on any atom is 0.253 e. The molecule has 0 bridgehead atoms. The maximum absolute atomic E-state index is 13.2. The van der Waals surface area contributed by atoms with E-state index in [1.165, 1.54) is 5.56 Å². The number of Topliss-reactive ketones (excluding diaryl/α,β-unsaturated/α-hetero) is 1. The molecule has 3 rings (SSSR count). The van der Waals surface area contributed by atoms with Crippen molar-refractivity contribution < 1.29 is 19.1 Å². The number of aromatic nitrogens is 1. The van der Waals surface area contributed by atoms with Gasteiger partial charge in [-0.25, -0.2) is 0 Å². The number of H-pyrrole nitrogens is 1. The molecule has 1 aromatic heterocycles. The Kier molecular flexibility index (Phi) is 7.85. The number of hydrogen-bond acceptors (Lipinski definition) is 4. The summed E-state index contributed by atoms with van der Waals surface area (Å²) in [6.07, 6.45) is 5.71. The van der Waals surface area contributed by atoms with Crippen LogP contribution in [0.15, 0.2) is 48.8 Å². The van der Waals surface area contributed by atoms with Crippen LogP contribution in [0.4, 0.5) is 0 Å². The molecule has 3 atom stereocenters. The molecule has 7 heteroatoms. The van der Waals surface area contributed by atoms with Crippen LogP contribution in [-0.2, 0) is 20.7 Å². The second-order valence-electron chi connectivity index (χ2n) is 9.19. The molecule has 0 radical (unpaired) electrons. The van der Waals surface area contributed by atoms with Crippen molar-refractivity contribution in [2.45, 2.75) is 64.6 Å². The average Bonchev–Trinajstić information content (AvgIpc) is 3.43. The van der Waals surface area contributed by atoms with E-state index in [0.717, 1.165) is 12.8 Å². The second kappa shape index (κ2) is 10.6. The highest BCUT2D eigenvalue weighted by Crippen LogP contribution is 2.29. The molecular formula is C25H33N3O4. The lowest BCUT2D eigenvalue weighted by molar-refractivity contribution is -0.128. The quantitative estimate of drug-likeness (QED) is 0.530. The minimum atomic E-state index is -0.769. The Morgan fingerprint density at radius 2 is 1.97 bits per heavy atom. The zero-order valence-electron chi connectivity index (χ0n) is 19.0. The third kappa shape index (κ3) is 6.29. The van der Waals surface area contributed by atoms with Crippen LogP contribution in [0.2, 0.25) is 0 Å². The molecule has 172 valence electrons. The lowest BCUT2D eigenvalue weighted by atomic mass is 9.80. The van der Waals surface area contributed by atoms with Crippen LogP contribution in [0, 0.1) is 5.41 Å². The SMILES string of the molecule is CCC1OCC(=O)C1NC(=O)[C@H](CC(C)(C)CCc1ccccc1)NC(=O)c1cc[nH]c1. The van der Waals surface area contributed by atoms with Gasteiger partial charge in [0.15, 0.2) is 5.78 Å². The van der Waals surface area contributed by atoms with Crippen molar-refractivity contribution in [1.29, 1.82) is 0 Å². The minimum absolute atomic E-state index is 0.00635. The van der Waals surface area contributed by atoms with Gasteiger partial charge in [0, 0.05) is 12.4 Å². The fourth-order valence-electron chi connectivity index (χ4n) is 4.06. The number of benzene rings is 1. The Balaban J connectivity index is 1.71. The third-order valence-corrected chi connectivity index (χ3v) is 6.03. The first-order valence-corrected chi connectivity index (χ1v) is 11.2. The van der Waals surface area contributed by atoms with E-state index in [4.69, 9.17) is 4.74 Å². The van der Waals surface area contributed by atoms with Crippen LogP contribution >= 0.6 is 0 Å². The van der Waals surface area contributed by atoms with Crippen molar-refractivity contribution in [3.8, 4) is 0 Å². The summed E-state index contributed by atoms with van der Waals surface area (Å²) in [5, 5.41) is 5.71. The Bertz CT molecular complexity index is 909. The second-order valence-corrected chi connectivity index (χ2v) is 9.19. The molecule has 0 spiro atoms. The average molecular weight is 440 g/mol. The van der Waals surface area contributed by atoms with Gasteiger partial charge in [0.1, 0.15) is 18.7 Å². The zero-order chi connectivity index (χ0) is 23.1. The summed E-state index contributed by atoms with van der Waals surface area (Å²) in [5.74, 6) is -0.820. The van der Waals surface area contributed by atoms with Gasteiger partial charge >= 0.3 is 0 Å². The highest BCUT2D eigenvalue weighted by Gasteiger charge is 2.38. The summed E-state index contributed by atoms with van der Waals surface area (Å²) in [5.41, 5.74) is 1.47. The van der Waals surface area contributed by atoms with Gasteiger partial charge in [0.05, 0.1) is 11.7 Å². The number of aryl methyl sites for hydroxylation is 1. The van der Waals surface area contributed by atoms with Gasteiger partial charge in [-0.3, -0.25) is 14.4 Å². The number of hydrogen-bond donors (Lipinski definition) is 3. The number of rotatable bonds is 10. The first kappa shape index (κ1) is 23.7. The number of ketones is 1. The minimum Gasteiger partial charge on any atom is -0.368 e. The lowest BCUT2D eigenvalue weighted by Gasteiger charge is -2.31. The summed E-state index contributed by atoms with van der Waals surface area (Å²) >= 11 is 0. The topological polar surface area (TPSA) is 100 Å². The molecule has 2 heterocycles. The number of aromatic amines is 1. The van der Waals surface area contributed by atoms with Gasteiger partial charge < -0.3 is 20.4 Å². The first-order valence-electron chi connectivity index (χ1n) is 11.2. The van der Waals surface area contributed by atoms with Crippen molar-refractivity contribution in [3.05, 3.63) is 59.9 Å². The molecule has 1 aliphatic heterocycles. The fraction of sp³-hybridized carbons (Fsp3) is 0.480. The molecule has 1 aromatic carbocycles. The Morgan fingerprint density at radius 3 is 2.62 bits per heavy atom. The van der Waals surface area contributed by atoms with Crippen LogP contribution in [-0.4, -0.2) is 47.4 Å². The first-order chi connectivity index (χ1) is 15.3. The van der Waals surface area contributed by atoms with Crippen molar-refractivity contribution >= 4 is 17.6 Å². The molecule has 0 aliphatic carbocycles. The summed E-state index contributed by atoms with van der Waals surface area (Å²) in [6.45, 7) is 6.11. The largest absolute Gasteiger partial charge is 0.368 e. The fourth-order valence-corrected chi connectivity index (χ4v) is 4.06. The van der Waals surface area contributed by atoms with Gasteiger partial charge in [-0.2, -0.15) is 0 Å². The monoisotopic (exact) mass is 439 g/mol. The number of carbonyl (C=O) groups is 3. The van der Waals surface area contributed by atoms with E-state index in [0.29, 0.717) is 18.4 Å². The third-order valence-electron chi connectivity index (χ3n) is 6.03. The van der Waals surface area contributed by atoms with Gasteiger partial charge in [-0.1, -0.05) is 51.1 Å². The predicted octanol–water partition coefficient (Wildman–Crippen LogP) is 3.02. The Morgan fingerprint density at radius 1 is 1.22 bits per heavy atom. The molecule has 3 N–H and O–H groups in total. The van der Waals surface area contributed by atoms with Crippen LogP contribution < -0.4 is 10.6 Å². The smallest absolute Gasteiger partial charge is 0.253 e. The van der Waals surface area contributed by atoms with E-state index in [1.54, 1.807) is 18.5 Å². The molecule has 7 nitrogen and oxygen atoms in total. The van der Waals surface area contributed by atoms with Crippen molar-refractivity contribution in [3.63, 3.8) is 0 Å². The maximum atomic E-state index is 13.2. The molecule has 2 aromatic rings. The van der Waals surface area contributed by atoms with Crippen molar-refractivity contribution in [1.82, 2.24) is 15.6 Å². The summed E-state index contributed by atoms with van der Waals surface area (Å²) < 4.78 is 5.48. The van der Waals surface area contributed by atoms with E-state index in [-0.39, 0.29) is 35.7 Å². The number of amides is 2. The van der Waals surface area contributed by atoms with Gasteiger partial charge in [-0.05, 0) is 42.7 Å². The normalized spacial score (nSPS) is 19.5. The van der Waals surface area contributed by atoms with Crippen molar-refractivity contribution in [2.24, 2.45) is 5.41 Å². The lowest BCUT2D eigenvalue weighted by Crippen LogP contribution is -2.54. The zero-order valence-corrected chi connectivity index (χ0v) is 19.0. The number of ether oxygens (including phenoxy) is 1. The molecule has 1 saturated heterocycles. The summed E-state index contributed by atoms with van der Waals surface area (Å²) in [4.78, 5) is 41.0. The van der Waals surface area contributed by atoms with Crippen molar-refractivity contribution in [2.75, 3.05) is 6.61 Å².